The Morgan fingerprint density at radius 3 is 2.46 bits per heavy atom. The molecule has 4 heteroatoms. The van der Waals surface area contributed by atoms with Crippen LogP contribution in [-0.4, -0.2) is 36.0 Å². The van der Waals surface area contributed by atoms with E-state index < -0.39 is 22.7 Å². The van der Waals surface area contributed by atoms with Gasteiger partial charge in [0.05, 0.1) is 19.3 Å². The van der Waals surface area contributed by atoms with Crippen molar-refractivity contribution in [2.75, 3.05) is 13.2 Å². The van der Waals surface area contributed by atoms with Crippen molar-refractivity contribution in [3.8, 4) is 0 Å². The molecule has 3 saturated carbocycles. The molecule has 6 atom stereocenters. The van der Waals surface area contributed by atoms with Gasteiger partial charge in [0.1, 0.15) is 5.78 Å². The molecule has 144 valence electrons. The molecule has 3 aliphatic carbocycles. The summed E-state index contributed by atoms with van der Waals surface area (Å²) >= 11 is 0. The second-order valence-electron chi connectivity index (χ2n) is 9.56. The third kappa shape index (κ3) is 1.99. The van der Waals surface area contributed by atoms with Crippen LogP contribution in [0, 0.1) is 28.1 Å². The van der Waals surface area contributed by atoms with E-state index in [1.54, 1.807) is 6.08 Å². The van der Waals surface area contributed by atoms with Gasteiger partial charge in [0.15, 0.2) is 5.79 Å². The van der Waals surface area contributed by atoms with Crippen LogP contribution < -0.4 is 0 Å². The Balaban J connectivity index is 1.95. The van der Waals surface area contributed by atoms with E-state index in [1.165, 1.54) is 0 Å². The molecule has 4 nitrogen and oxygen atoms in total. The summed E-state index contributed by atoms with van der Waals surface area (Å²) < 4.78 is 12.4. The van der Waals surface area contributed by atoms with Crippen LogP contribution in [0.2, 0.25) is 0 Å². The zero-order valence-electron chi connectivity index (χ0n) is 16.3. The van der Waals surface area contributed by atoms with Gasteiger partial charge in [-0.2, -0.15) is 0 Å². The highest BCUT2D eigenvalue weighted by Crippen LogP contribution is 2.71. The molecule has 0 aromatic carbocycles. The third-order valence-corrected chi connectivity index (χ3v) is 8.54. The Morgan fingerprint density at radius 2 is 1.85 bits per heavy atom. The van der Waals surface area contributed by atoms with Crippen LogP contribution in [0.25, 0.3) is 0 Å². The maximum atomic E-state index is 13.7. The molecular formula is C22H32O4. The normalized spacial score (nSPS) is 50.4. The highest BCUT2D eigenvalue weighted by atomic mass is 16.7. The minimum absolute atomic E-state index is 0.0854. The van der Waals surface area contributed by atoms with Gasteiger partial charge < -0.3 is 14.6 Å². The molecule has 0 aromatic heterocycles. The molecule has 0 aromatic rings. The number of aliphatic hydroxyl groups excluding tert-OH is 1. The fourth-order valence-electron chi connectivity index (χ4n) is 6.68. The smallest absolute Gasteiger partial charge is 0.173 e. The van der Waals surface area contributed by atoms with Crippen molar-refractivity contribution >= 4 is 5.78 Å². The Labute approximate surface area is 156 Å². The molecule has 1 spiro atoms. The van der Waals surface area contributed by atoms with Crippen LogP contribution in [0.4, 0.5) is 0 Å². The first-order valence-corrected chi connectivity index (χ1v) is 9.98. The number of rotatable bonds is 1. The van der Waals surface area contributed by atoms with E-state index in [4.69, 9.17) is 9.47 Å². The van der Waals surface area contributed by atoms with Gasteiger partial charge in [-0.15, -0.1) is 6.58 Å². The monoisotopic (exact) mass is 360 g/mol. The van der Waals surface area contributed by atoms with Crippen molar-refractivity contribution in [3.05, 3.63) is 24.8 Å². The van der Waals surface area contributed by atoms with Gasteiger partial charge in [-0.1, -0.05) is 33.4 Å². The summed E-state index contributed by atoms with van der Waals surface area (Å²) in [5, 5.41) is 11.2. The summed E-state index contributed by atoms with van der Waals surface area (Å²) in [6.07, 6.45) is 4.76. The second-order valence-corrected chi connectivity index (χ2v) is 9.56. The summed E-state index contributed by atoms with van der Waals surface area (Å²) in [4.78, 5) is 13.7. The maximum absolute atomic E-state index is 13.7. The van der Waals surface area contributed by atoms with Gasteiger partial charge in [0.2, 0.25) is 0 Å². The quantitative estimate of drug-likeness (QED) is 0.725. The lowest BCUT2D eigenvalue weighted by Crippen LogP contribution is -2.62. The predicted molar refractivity (Wildman–Crippen MR) is 99.4 cm³/mol. The third-order valence-electron chi connectivity index (χ3n) is 8.54. The second kappa shape index (κ2) is 5.52. The fraction of sp³-hybridized carbons (Fsp3) is 0.773. The highest BCUT2D eigenvalue weighted by Gasteiger charge is 2.72. The molecule has 2 unspecified atom stereocenters. The van der Waals surface area contributed by atoms with Crippen LogP contribution in [0.15, 0.2) is 24.8 Å². The van der Waals surface area contributed by atoms with Gasteiger partial charge in [-0.25, -0.2) is 0 Å². The van der Waals surface area contributed by atoms with Crippen molar-refractivity contribution in [1.82, 2.24) is 0 Å². The molecule has 26 heavy (non-hydrogen) atoms. The average Bonchev–Trinajstić information content (AvgIpc) is 3.23. The minimum atomic E-state index is -0.777. The first-order valence-electron chi connectivity index (χ1n) is 9.98. The first kappa shape index (κ1) is 18.4. The summed E-state index contributed by atoms with van der Waals surface area (Å²) in [6.45, 7) is 15.7. The number of ketones is 1. The topological polar surface area (TPSA) is 55.8 Å². The van der Waals surface area contributed by atoms with Gasteiger partial charge in [-0.05, 0) is 30.8 Å². The van der Waals surface area contributed by atoms with E-state index in [2.05, 4.69) is 27.0 Å². The standard InChI is InChI=1S/C22H32O4/c1-6-19(4)13-16(23)20(5)14(2)7-8-21(15(3)17(19)24)9-10-22(18(20)21)25-11-12-26-22/h6,14,17-18,24H,1,3,7-13H2,2,4-5H3/t14?,17-,18?,19-,20-,21-/m0/s1. The van der Waals surface area contributed by atoms with E-state index in [-0.39, 0.29) is 29.5 Å². The summed E-state index contributed by atoms with van der Waals surface area (Å²) in [6, 6.07) is 0. The number of aliphatic hydroxyl groups is 1. The van der Waals surface area contributed by atoms with Gasteiger partial charge in [0, 0.05) is 35.0 Å². The Morgan fingerprint density at radius 1 is 1.19 bits per heavy atom. The lowest BCUT2D eigenvalue weighted by atomic mass is 9.45. The molecule has 4 rings (SSSR count). The fourth-order valence-corrected chi connectivity index (χ4v) is 6.68. The zero-order chi connectivity index (χ0) is 19.0. The lowest BCUT2D eigenvalue weighted by molar-refractivity contribution is -0.238. The van der Waals surface area contributed by atoms with Crippen LogP contribution >= 0.6 is 0 Å². The summed E-state index contributed by atoms with van der Waals surface area (Å²) in [5.41, 5.74) is -0.693. The number of Topliss-reactive ketones (excluding diaryl/α,β-unsaturated/α-hetero) is 1. The number of carbonyl (C=O) groups excluding carboxylic acids is 1. The van der Waals surface area contributed by atoms with Crippen LogP contribution in [0.1, 0.15) is 52.9 Å². The van der Waals surface area contributed by atoms with Crippen LogP contribution in [0.3, 0.4) is 0 Å². The lowest BCUT2D eigenvalue weighted by Gasteiger charge is -2.59. The number of hydrogen-bond donors (Lipinski definition) is 1. The van der Waals surface area contributed by atoms with Crippen LogP contribution in [-0.2, 0) is 14.3 Å². The Bertz CT molecular complexity index is 663. The van der Waals surface area contributed by atoms with E-state index in [0.29, 0.717) is 13.2 Å². The predicted octanol–water partition coefficient (Wildman–Crippen LogP) is 3.64. The SMILES string of the molecule is C=C[C@@]1(C)CC(=O)[C@]2(C)C(C)CC[C@]3(CCC4(OCCO4)C32)C(=C)[C@@H]1O. The van der Waals surface area contributed by atoms with Gasteiger partial charge in [0.25, 0.3) is 0 Å². The number of ether oxygens (including phenoxy) is 2. The summed E-state index contributed by atoms with van der Waals surface area (Å²) in [5.74, 6) is -0.344. The molecule has 0 radical (unpaired) electrons. The molecule has 4 aliphatic rings. The minimum Gasteiger partial charge on any atom is -0.388 e. The van der Waals surface area contributed by atoms with Crippen molar-refractivity contribution in [3.63, 3.8) is 0 Å². The molecule has 0 amide bonds. The zero-order valence-corrected chi connectivity index (χ0v) is 16.3. The molecular weight excluding hydrogens is 328 g/mol. The average molecular weight is 360 g/mol. The molecule has 1 heterocycles. The highest BCUT2D eigenvalue weighted by molar-refractivity contribution is 5.87. The number of hydrogen-bond acceptors (Lipinski definition) is 4. The maximum Gasteiger partial charge on any atom is 0.173 e. The van der Waals surface area contributed by atoms with Crippen molar-refractivity contribution in [2.45, 2.75) is 64.8 Å². The van der Waals surface area contributed by atoms with E-state index in [0.717, 1.165) is 31.3 Å². The molecule has 1 saturated heterocycles. The first-order chi connectivity index (χ1) is 12.2. The van der Waals surface area contributed by atoms with E-state index in [1.807, 2.05) is 6.92 Å². The van der Waals surface area contributed by atoms with Crippen molar-refractivity contribution in [1.29, 1.82) is 0 Å². The largest absolute Gasteiger partial charge is 0.388 e. The van der Waals surface area contributed by atoms with Gasteiger partial charge in [-0.3, -0.25) is 4.79 Å². The summed E-state index contributed by atoms with van der Waals surface area (Å²) in [7, 11) is 0. The molecule has 2 bridgehead atoms. The van der Waals surface area contributed by atoms with Gasteiger partial charge >= 0.3 is 0 Å². The molecule has 1 N–H and O–H groups in total. The molecule has 4 fully saturated rings. The van der Waals surface area contributed by atoms with E-state index >= 15 is 0 Å². The Kier molecular flexibility index (Phi) is 3.91. The van der Waals surface area contributed by atoms with Crippen molar-refractivity contribution < 1.29 is 19.4 Å². The molecule has 1 aliphatic heterocycles. The van der Waals surface area contributed by atoms with Crippen LogP contribution in [0.5, 0.6) is 0 Å². The Hall–Kier alpha value is -0.970. The van der Waals surface area contributed by atoms with E-state index in [9.17, 15) is 9.90 Å². The van der Waals surface area contributed by atoms with Crippen molar-refractivity contribution in [2.24, 2.45) is 28.1 Å². The number of carbonyl (C=O) groups is 1.